The van der Waals surface area contributed by atoms with E-state index in [0.29, 0.717) is 12.6 Å². The Hall–Kier alpha value is -0.900. The molecule has 1 aliphatic carbocycles. The van der Waals surface area contributed by atoms with Gasteiger partial charge in [-0.2, -0.15) is 0 Å². The van der Waals surface area contributed by atoms with Crippen LogP contribution < -0.4 is 10.6 Å². The summed E-state index contributed by atoms with van der Waals surface area (Å²) < 4.78 is 11.4. The van der Waals surface area contributed by atoms with Gasteiger partial charge in [-0.1, -0.05) is 43.5 Å². The predicted molar refractivity (Wildman–Crippen MR) is 138 cm³/mol. The molecule has 0 aromatic heterocycles. The Bertz CT molecular complexity index is 615. The second-order valence-electron chi connectivity index (χ2n) is 8.31. The van der Waals surface area contributed by atoms with E-state index in [1.54, 1.807) is 0 Å². The molecule has 0 unspecified atom stereocenters. The number of halogens is 1. The molecule has 6 nitrogen and oxygen atoms in total. The molecule has 1 saturated carbocycles. The van der Waals surface area contributed by atoms with Crippen LogP contribution in [0.25, 0.3) is 0 Å². The molecule has 0 radical (unpaired) electrons. The van der Waals surface area contributed by atoms with Crippen LogP contribution in [0.3, 0.4) is 0 Å². The first-order valence-corrected chi connectivity index (χ1v) is 11.8. The number of guanidine groups is 1. The Morgan fingerprint density at radius 2 is 1.77 bits per heavy atom. The van der Waals surface area contributed by atoms with Gasteiger partial charge in [-0.3, -0.25) is 4.90 Å². The third-order valence-corrected chi connectivity index (χ3v) is 5.82. The molecular weight excluding hydrogens is 503 g/mol. The van der Waals surface area contributed by atoms with Crippen LogP contribution in [-0.2, 0) is 22.6 Å². The Labute approximate surface area is 205 Å². The van der Waals surface area contributed by atoms with Crippen LogP contribution >= 0.6 is 24.0 Å². The van der Waals surface area contributed by atoms with Gasteiger partial charge in [-0.25, -0.2) is 4.99 Å². The van der Waals surface area contributed by atoms with Crippen LogP contribution in [0.4, 0.5) is 0 Å². The summed E-state index contributed by atoms with van der Waals surface area (Å²) in [6.07, 6.45) is 8.01. The summed E-state index contributed by atoms with van der Waals surface area (Å²) in [4.78, 5) is 7.19. The van der Waals surface area contributed by atoms with Gasteiger partial charge in [0, 0.05) is 39.3 Å². The Morgan fingerprint density at radius 3 is 2.48 bits per heavy atom. The normalized spacial score (nSPS) is 18.4. The molecule has 0 amide bonds. The largest absolute Gasteiger partial charge is 0.379 e. The number of ether oxygens (including phenoxy) is 2. The van der Waals surface area contributed by atoms with E-state index in [1.807, 2.05) is 0 Å². The zero-order valence-electron chi connectivity index (χ0n) is 19.1. The van der Waals surface area contributed by atoms with Gasteiger partial charge in [0.2, 0.25) is 0 Å². The summed E-state index contributed by atoms with van der Waals surface area (Å²) in [6, 6.07) is 8.84. The molecule has 2 aliphatic rings. The van der Waals surface area contributed by atoms with Crippen LogP contribution in [0, 0.1) is 0 Å². The molecule has 1 aromatic carbocycles. The van der Waals surface area contributed by atoms with Gasteiger partial charge in [0.25, 0.3) is 0 Å². The minimum atomic E-state index is 0. The molecule has 3 rings (SSSR count). The quantitative estimate of drug-likeness (QED) is 0.202. The molecular formula is C24H41IN4O2. The first-order valence-electron chi connectivity index (χ1n) is 11.8. The maximum atomic E-state index is 6.01. The van der Waals surface area contributed by atoms with E-state index in [0.717, 1.165) is 64.9 Å². The molecule has 31 heavy (non-hydrogen) atoms. The summed E-state index contributed by atoms with van der Waals surface area (Å²) in [5.41, 5.74) is 2.59. The van der Waals surface area contributed by atoms with Crippen molar-refractivity contribution >= 4 is 29.9 Å². The van der Waals surface area contributed by atoms with Crippen molar-refractivity contribution in [3.8, 4) is 0 Å². The molecule has 1 aromatic rings. The van der Waals surface area contributed by atoms with Crippen molar-refractivity contribution in [3.05, 3.63) is 35.4 Å². The highest BCUT2D eigenvalue weighted by molar-refractivity contribution is 14.0. The van der Waals surface area contributed by atoms with Gasteiger partial charge >= 0.3 is 0 Å². The summed E-state index contributed by atoms with van der Waals surface area (Å²) in [5, 5.41) is 6.77. The standard InChI is InChI=1S/C24H40N4O2.HI/c1-2-25-24(26-13-6-16-30-23-7-4-3-5-8-23)27-19-21-9-11-22(12-10-21)20-28-14-17-29-18-15-28;/h9-12,23H,2-8,13-20H2,1H3,(H2,25,26,27);1H. The molecule has 0 bridgehead atoms. The fourth-order valence-corrected chi connectivity index (χ4v) is 4.04. The van der Waals surface area contributed by atoms with Gasteiger partial charge in [0.15, 0.2) is 5.96 Å². The van der Waals surface area contributed by atoms with Crippen LogP contribution in [0.15, 0.2) is 29.3 Å². The second-order valence-corrected chi connectivity index (χ2v) is 8.31. The van der Waals surface area contributed by atoms with Crippen molar-refractivity contribution in [1.82, 2.24) is 15.5 Å². The van der Waals surface area contributed by atoms with Gasteiger partial charge in [0.1, 0.15) is 0 Å². The highest BCUT2D eigenvalue weighted by Gasteiger charge is 2.13. The van der Waals surface area contributed by atoms with E-state index in [4.69, 9.17) is 14.5 Å². The van der Waals surface area contributed by atoms with E-state index in [9.17, 15) is 0 Å². The van der Waals surface area contributed by atoms with Crippen molar-refractivity contribution in [3.63, 3.8) is 0 Å². The summed E-state index contributed by atoms with van der Waals surface area (Å²) in [5.74, 6) is 0.882. The predicted octanol–water partition coefficient (Wildman–Crippen LogP) is 3.93. The minimum Gasteiger partial charge on any atom is -0.379 e. The maximum Gasteiger partial charge on any atom is 0.191 e. The Kier molecular flexibility index (Phi) is 13.5. The number of hydrogen-bond donors (Lipinski definition) is 2. The van der Waals surface area contributed by atoms with Crippen molar-refractivity contribution in [1.29, 1.82) is 0 Å². The number of benzene rings is 1. The van der Waals surface area contributed by atoms with Crippen LogP contribution in [-0.4, -0.2) is 63.0 Å². The number of aliphatic imine (C=N–C) groups is 1. The lowest BCUT2D eigenvalue weighted by Gasteiger charge is -2.26. The first-order chi connectivity index (χ1) is 14.8. The fourth-order valence-electron chi connectivity index (χ4n) is 4.04. The lowest BCUT2D eigenvalue weighted by molar-refractivity contribution is 0.0277. The zero-order valence-corrected chi connectivity index (χ0v) is 21.4. The van der Waals surface area contributed by atoms with E-state index < -0.39 is 0 Å². The van der Waals surface area contributed by atoms with Gasteiger partial charge in [0.05, 0.1) is 25.9 Å². The van der Waals surface area contributed by atoms with Crippen molar-refractivity contribution in [2.75, 3.05) is 46.0 Å². The van der Waals surface area contributed by atoms with E-state index in [2.05, 4.69) is 46.7 Å². The summed E-state index contributed by atoms with van der Waals surface area (Å²) >= 11 is 0. The smallest absolute Gasteiger partial charge is 0.191 e. The van der Waals surface area contributed by atoms with Gasteiger partial charge in [-0.05, 0) is 37.3 Å². The van der Waals surface area contributed by atoms with Crippen LogP contribution in [0.1, 0.15) is 56.6 Å². The summed E-state index contributed by atoms with van der Waals surface area (Å²) in [7, 11) is 0. The van der Waals surface area contributed by atoms with Crippen molar-refractivity contribution in [2.24, 2.45) is 4.99 Å². The highest BCUT2D eigenvalue weighted by Crippen LogP contribution is 2.20. The van der Waals surface area contributed by atoms with Gasteiger partial charge in [-0.15, -0.1) is 24.0 Å². The third-order valence-electron chi connectivity index (χ3n) is 5.82. The SMILES string of the molecule is CCNC(=NCc1ccc(CN2CCOCC2)cc1)NCCCOC1CCCCC1.I. The zero-order chi connectivity index (χ0) is 20.9. The molecule has 1 saturated heterocycles. The average Bonchev–Trinajstić information content (AvgIpc) is 2.79. The number of morpholine rings is 1. The van der Waals surface area contributed by atoms with Crippen LogP contribution in [0.5, 0.6) is 0 Å². The topological polar surface area (TPSA) is 58.1 Å². The molecule has 7 heteroatoms. The lowest BCUT2D eigenvalue weighted by atomic mass is 9.98. The number of nitrogens with one attached hydrogen (secondary N) is 2. The Morgan fingerprint density at radius 1 is 1.06 bits per heavy atom. The molecule has 0 atom stereocenters. The first kappa shape index (κ1) is 26.4. The monoisotopic (exact) mass is 544 g/mol. The number of hydrogen-bond acceptors (Lipinski definition) is 4. The number of rotatable bonds is 10. The molecule has 1 aliphatic heterocycles. The van der Waals surface area contributed by atoms with E-state index in [1.165, 1.54) is 43.2 Å². The van der Waals surface area contributed by atoms with Crippen LogP contribution in [0.2, 0.25) is 0 Å². The van der Waals surface area contributed by atoms with Crippen molar-refractivity contribution in [2.45, 2.75) is 64.6 Å². The minimum absolute atomic E-state index is 0. The molecule has 1 heterocycles. The lowest BCUT2D eigenvalue weighted by Crippen LogP contribution is -2.38. The third kappa shape index (κ3) is 10.5. The van der Waals surface area contributed by atoms with Crippen molar-refractivity contribution < 1.29 is 9.47 Å². The second kappa shape index (κ2) is 15.8. The molecule has 0 spiro atoms. The highest BCUT2D eigenvalue weighted by atomic mass is 127. The average molecular weight is 545 g/mol. The molecule has 176 valence electrons. The molecule has 2 fully saturated rings. The maximum absolute atomic E-state index is 6.01. The molecule has 2 N–H and O–H groups in total. The number of nitrogens with zero attached hydrogens (tertiary/aromatic N) is 2. The van der Waals surface area contributed by atoms with Gasteiger partial charge < -0.3 is 20.1 Å². The fraction of sp³-hybridized carbons (Fsp3) is 0.708. The Balaban J connectivity index is 0.00000341. The summed E-state index contributed by atoms with van der Waals surface area (Å²) in [6.45, 7) is 10.1. The van der Waals surface area contributed by atoms with E-state index in [-0.39, 0.29) is 24.0 Å². The van der Waals surface area contributed by atoms with E-state index >= 15 is 0 Å².